The maximum absolute atomic E-state index is 10.2. The van der Waals surface area contributed by atoms with Gasteiger partial charge in [0.2, 0.25) is 0 Å². The maximum Gasteiger partial charge on any atom is 0.335 e. The molecule has 0 saturated carbocycles. The summed E-state index contributed by atoms with van der Waals surface area (Å²) in [7, 11) is 0. The number of aromatic carboxylic acids is 2. The molecular formula is C21H28O6. The summed E-state index contributed by atoms with van der Waals surface area (Å²) in [6.07, 6.45) is 0.566. The first kappa shape index (κ1) is 24.3. The number of carbonyl (C=O) groups is 2. The highest BCUT2D eigenvalue weighted by atomic mass is 16.4. The van der Waals surface area contributed by atoms with Crippen molar-refractivity contribution in [3.63, 3.8) is 0 Å². The minimum Gasteiger partial charge on any atom is -0.478 e. The van der Waals surface area contributed by atoms with Crippen LogP contribution in [-0.4, -0.2) is 43.6 Å². The second-order valence-corrected chi connectivity index (χ2v) is 6.53. The summed E-state index contributed by atoms with van der Waals surface area (Å²) in [5.74, 6) is -1.76. The minimum atomic E-state index is -0.998. The number of aliphatic hydroxyl groups is 2. The van der Waals surface area contributed by atoms with Gasteiger partial charge in [-0.3, -0.25) is 0 Å². The second-order valence-electron chi connectivity index (χ2n) is 6.53. The molecule has 0 bridgehead atoms. The number of hydrogen-bond donors (Lipinski definition) is 4. The minimum absolute atomic E-state index is 0.331. The maximum atomic E-state index is 10.2. The fraction of sp³-hybridized carbons (Fsp3) is 0.333. The third-order valence-electron chi connectivity index (χ3n) is 4.05. The van der Waals surface area contributed by atoms with Crippen molar-refractivity contribution in [2.24, 2.45) is 0 Å². The van der Waals surface area contributed by atoms with Crippen molar-refractivity contribution in [2.45, 2.75) is 45.3 Å². The summed E-state index contributed by atoms with van der Waals surface area (Å²) >= 11 is 0. The number of rotatable bonds is 4. The molecule has 1 atom stereocenters. The molecule has 0 saturated heterocycles. The lowest BCUT2D eigenvalue weighted by Crippen LogP contribution is -2.46. The van der Waals surface area contributed by atoms with Crippen molar-refractivity contribution >= 4 is 11.9 Å². The van der Waals surface area contributed by atoms with E-state index in [4.69, 9.17) is 10.2 Å². The monoisotopic (exact) mass is 376 g/mol. The Morgan fingerprint density at radius 3 is 1.15 bits per heavy atom. The van der Waals surface area contributed by atoms with Crippen molar-refractivity contribution in [1.29, 1.82) is 0 Å². The molecule has 0 radical (unpaired) electrons. The van der Waals surface area contributed by atoms with Crippen molar-refractivity contribution in [3.05, 3.63) is 71.8 Å². The zero-order chi connectivity index (χ0) is 21.1. The molecule has 6 nitrogen and oxygen atoms in total. The molecule has 0 aliphatic heterocycles. The van der Waals surface area contributed by atoms with Crippen LogP contribution in [0.25, 0.3) is 0 Å². The van der Waals surface area contributed by atoms with E-state index in [-0.39, 0.29) is 0 Å². The van der Waals surface area contributed by atoms with Crippen LogP contribution >= 0.6 is 0 Å². The van der Waals surface area contributed by atoms with Gasteiger partial charge < -0.3 is 20.4 Å². The van der Waals surface area contributed by atoms with Gasteiger partial charge in [-0.15, -0.1) is 0 Å². The molecule has 148 valence electrons. The lowest BCUT2D eigenvalue weighted by atomic mass is 9.86. The van der Waals surface area contributed by atoms with Crippen molar-refractivity contribution < 1.29 is 30.0 Å². The molecule has 27 heavy (non-hydrogen) atoms. The summed E-state index contributed by atoms with van der Waals surface area (Å²) in [4.78, 5) is 20.4. The van der Waals surface area contributed by atoms with Crippen LogP contribution in [0.15, 0.2) is 60.7 Å². The standard InChI is InChI=1S/2C7H6O2.C7H16O2/c2*8-7(9)6-4-2-1-3-5-6;1-5-7(4,9)6(2,3)8/h2*1-5H,(H,8,9);8-9H,5H2,1-4H3. The number of hydrogen-bond acceptors (Lipinski definition) is 4. The topological polar surface area (TPSA) is 115 Å². The van der Waals surface area contributed by atoms with Crippen LogP contribution < -0.4 is 0 Å². The van der Waals surface area contributed by atoms with Crippen LogP contribution in [0.1, 0.15) is 54.8 Å². The van der Waals surface area contributed by atoms with E-state index in [1.54, 1.807) is 81.4 Å². The predicted octanol–water partition coefficient (Wildman–Crippen LogP) is 3.69. The van der Waals surface area contributed by atoms with Crippen molar-refractivity contribution in [3.8, 4) is 0 Å². The summed E-state index contributed by atoms with van der Waals surface area (Å²) in [6.45, 7) is 6.69. The zero-order valence-electron chi connectivity index (χ0n) is 16.1. The Bertz CT molecular complexity index is 638. The first-order chi connectivity index (χ1) is 12.4. The largest absolute Gasteiger partial charge is 0.478 e. The Hall–Kier alpha value is -2.70. The number of carboxylic acid groups (broad SMARTS) is 2. The van der Waals surface area contributed by atoms with Crippen molar-refractivity contribution in [2.75, 3.05) is 0 Å². The van der Waals surface area contributed by atoms with Crippen LogP contribution in [0.3, 0.4) is 0 Å². The second kappa shape index (κ2) is 11.1. The highest BCUT2D eigenvalue weighted by molar-refractivity contribution is 5.87. The Balaban J connectivity index is 0.000000376. The highest BCUT2D eigenvalue weighted by Crippen LogP contribution is 2.23. The van der Waals surface area contributed by atoms with E-state index in [0.29, 0.717) is 17.5 Å². The van der Waals surface area contributed by atoms with Gasteiger partial charge in [0, 0.05) is 0 Å². The predicted molar refractivity (Wildman–Crippen MR) is 104 cm³/mol. The summed E-state index contributed by atoms with van der Waals surface area (Å²) < 4.78 is 0. The average molecular weight is 376 g/mol. The molecule has 2 rings (SSSR count). The van der Waals surface area contributed by atoms with Gasteiger partial charge in [0.05, 0.1) is 22.3 Å². The van der Waals surface area contributed by atoms with Gasteiger partial charge in [-0.25, -0.2) is 9.59 Å². The Morgan fingerprint density at radius 2 is 1.04 bits per heavy atom. The lowest BCUT2D eigenvalue weighted by Gasteiger charge is -2.34. The lowest BCUT2D eigenvalue weighted by molar-refractivity contribution is -0.121. The summed E-state index contributed by atoms with van der Waals surface area (Å²) in [5, 5.41) is 35.5. The van der Waals surface area contributed by atoms with Crippen molar-refractivity contribution in [1.82, 2.24) is 0 Å². The SMILES string of the molecule is CCC(C)(O)C(C)(C)O.O=C(O)c1ccccc1.O=C(O)c1ccccc1. The van der Waals surface area contributed by atoms with E-state index in [0.717, 1.165) is 0 Å². The van der Waals surface area contributed by atoms with E-state index in [1.807, 2.05) is 6.92 Å². The molecule has 0 spiro atoms. The molecule has 0 aliphatic carbocycles. The molecule has 6 heteroatoms. The first-order valence-electron chi connectivity index (χ1n) is 8.43. The summed E-state index contributed by atoms with van der Waals surface area (Å²) in [6, 6.07) is 16.6. The first-order valence-corrected chi connectivity index (χ1v) is 8.43. The van der Waals surface area contributed by atoms with Gasteiger partial charge in [0.15, 0.2) is 0 Å². The van der Waals surface area contributed by atoms with Gasteiger partial charge in [-0.1, -0.05) is 43.3 Å². The van der Waals surface area contributed by atoms with Gasteiger partial charge in [0.25, 0.3) is 0 Å². The van der Waals surface area contributed by atoms with Gasteiger partial charge in [0.1, 0.15) is 0 Å². The molecule has 0 amide bonds. The van der Waals surface area contributed by atoms with E-state index in [2.05, 4.69) is 0 Å². The van der Waals surface area contributed by atoms with Gasteiger partial charge in [-0.05, 0) is 51.5 Å². The molecular weight excluding hydrogens is 348 g/mol. The molecule has 4 N–H and O–H groups in total. The van der Waals surface area contributed by atoms with Crippen LogP contribution in [-0.2, 0) is 0 Å². The Labute approximate surface area is 159 Å². The van der Waals surface area contributed by atoms with Crippen LogP contribution in [0.2, 0.25) is 0 Å². The average Bonchev–Trinajstić information content (AvgIpc) is 2.63. The third kappa shape index (κ3) is 9.53. The van der Waals surface area contributed by atoms with E-state index < -0.39 is 23.1 Å². The molecule has 0 fully saturated rings. The Kier molecular flexibility index (Phi) is 10.00. The number of carboxylic acids is 2. The van der Waals surface area contributed by atoms with E-state index in [1.165, 1.54) is 0 Å². The van der Waals surface area contributed by atoms with E-state index in [9.17, 15) is 19.8 Å². The Morgan fingerprint density at radius 1 is 0.741 bits per heavy atom. The fourth-order valence-corrected chi connectivity index (χ4v) is 1.59. The molecule has 0 aromatic heterocycles. The van der Waals surface area contributed by atoms with Crippen LogP contribution in [0.5, 0.6) is 0 Å². The molecule has 0 aliphatic rings. The normalized spacial score (nSPS) is 12.4. The fourth-order valence-electron chi connectivity index (χ4n) is 1.59. The molecule has 1 unspecified atom stereocenters. The van der Waals surface area contributed by atoms with Gasteiger partial charge in [-0.2, -0.15) is 0 Å². The number of benzene rings is 2. The molecule has 0 heterocycles. The van der Waals surface area contributed by atoms with Crippen LogP contribution in [0.4, 0.5) is 0 Å². The quantitative estimate of drug-likeness (QED) is 0.647. The summed E-state index contributed by atoms with van der Waals surface area (Å²) in [5.41, 5.74) is -1.30. The molecule has 2 aromatic carbocycles. The smallest absolute Gasteiger partial charge is 0.335 e. The van der Waals surface area contributed by atoms with Gasteiger partial charge >= 0.3 is 11.9 Å². The third-order valence-corrected chi connectivity index (χ3v) is 4.05. The molecule has 2 aromatic rings. The van der Waals surface area contributed by atoms with E-state index >= 15 is 0 Å². The zero-order valence-corrected chi connectivity index (χ0v) is 16.1. The highest BCUT2D eigenvalue weighted by Gasteiger charge is 2.35. The van der Waals surface area contributed by atoms with Crippen LogP contribution in [0, 0.1) is 0 Å².